The molecule has 0 radical (unpaired) electrons. The molecule has 0 aliphatic heterocycles. The quantitative estimate of drug-likeness (QED) is 0.0197. The normalized spacial score (nSPS) is 14.1. The first-order valence-corrected chi connectivity index (χ1v) is 29.0. The molecule has 0 rings (SSSR count). The molecule has 0 saturated carbocycles. The van der Waals surface area contributed by atoms with E-state index in [1.807, 2.05) is 6.08 Å². The number of unbranched alkanes of at least 4 members (excludes halogenated alkanes) is 19. The molecule has 0 heterocycles. The predicted molar refractivity (Wildman–Crippen MR) is 288 cm³/mol. The first-order chi connectivity index (χ1) is 34.2. The van der Waals surface area contributed by atoms with Crippen LogP contribution in [0, 0.1) is 0 Å². The summed E-state index contributed by atoms with van der Waals surface area (Å²) in [7, 11) is -4.76. The molecule has 0 bridgehead atoms. The number of phosphoric acid groups is 1. The van der Waals surface area contributed by atoms with Crippen LogP contribution < -0.4 is 0 Å². The van der Waals surface area contributed by atoms with Gasteiger partial charge in [-0.25, -0.2) is 4.57 Å². The molecule has 3 atom stereocenters. The van der Waals surface area contributed by atoms with Crippen LogP contribution in [0.4, 0.5) is 0 Å². The molecule has 0 aliphatic rings. The minimum absolute atomic E-state index is 0.144. The van der Waals surface area contributed by atoms with Gasteiger partial charge in [0.2, 0.25) is 0 Å². The van der Waals surface area contributed by atoms with Crippen molar-refractivity contribution in [3.63, 3.8) is 0 Å². The highest BCUT2D eigenvalue weighted by molar-refractivity contribution is 7.47. The molecule has 2 N–H and O–H groups in total. The lowest BCUT2D eigenvalue weighted by Gasteiger charge is -2.21. The summed E-state index contributed by atoms with van der Waals surface area (Å²) in [5.41, 5.74) is 0. The Bertz CT molecular complexity index is 1500. The van der Waals surface area contributed by atoms with E-state index in [-0.39, 0.29) is 25.9 Å². The van der Waals surface area contributed by atoms with Crippen molar-refractivity contribution in [3.8, 4) is 0 Å². The molecule has 0 aromatic carbocycles. The maximum atomic E-state index is 12.9. The molecule has 0 saturated heterocycles. The lowest BCUT2D eigenvalue weighted by Crippen LogP contribution is -2.30. The Morgan fingerprint density at radius 1 is 0.414 bits per heavy atom. The molecule has 0 spiro atoms. The van der Waals surface area contributed by atoms with Crippen LogP contribution in [0.15, 0.2) is 85.1 Å². The topological polar surface area (TPSA) is 155 Å². The zero-order chi connectivity index (χ0) is 51.3. The SMILES string of the molecule is CC/C=C\C/C=C\C/C=C\C/C=C\C/C=C\CCCC(=O)OCC(COP(=O)(O)OCC(CO)OC(=O)CCCCCCCCCCC)OC(=O)CCCCCCCCC/C=C\C/C=C\CCCCC. The van der Waals surface area contributed by atoms with Gasteiger partial charge in [-0.3, -0.25) is 23.4 Å². The van der Waals surface area contributed by atoms with Gasteiger partial charge in [-0.1, -0.05) is 202 Å². The summed E-state index contributed by atoms with van der Waals surface area (Å²) in [5, 5.41) is 9.76. The van der Waals surface area contributed by atoms with E-state index in [2.05, 4.69) is 99.8 Å². The van der Waals surface area contributed by atoms with E-state index >= 15 is 0 Å². The fourth-order valence-corrected chi connectivity index (χ4v) is 7.91. The predicted octanol–water partition coefficient (Wildman–Crippen LogP) is 15.9. The zero-order valence-corrected chi connectivity index (χ0v) is 45.1. The molecule has 0 amide bonds. The first-order valence-electron chi connectivity index (χ1n) is 27.5. The third kappa shape index (κ3) is 49.6. The molecular weight excluding hydrogens is 904 g/mol. The Balaban J connectivity index is 4.83. The molecule has 12 heteroatoms. The highest BCUT2D eigenvalue weighted by Gasteiger charge is 2.28. The van der Waals surface area contributed by atoms with E-state index in [1.165, 1.54) is 70.6 Å². The average molecular weight is 1000 g/mol. The zero-order valence-electron chi connectivity index (χ0n) is 44.2. The molecular formula is C58H99O11P. The second-order valence-electron chi connectivity index (χ2n) is 18.0. The van der Waals surface area contributed by atoms with Gasteiger partial charge >= 0.3 is 25.7 Å². The monoisotopic (exact) mass is 1000 g/mol. The second-order valence-corrected chi connectivity index (χ2v) is 19.5. The molecule has 0 aromatic heterocycles. The molecule has 0 aromatic rings. The van der Waals surface area contributed by atoms with Crippen molar-refractivity contribution in [2.45, 2.75) is 238 Å². The van der Waals surface area contributed by atoms with Gasteiger partial charge in [-0.2, -0.15) is 0 Å². The first kappa shape index (κ1) is 66.7. The summed E-state index contributed by atoms with van der Waals surface area (Å²) in [6.07, 6.45) is 58.5. The minimum atomic E-state index is -4.76. The summed E-state index contributed by atoms with van der Waals surface area (Å²) in [5.74, 6) is -1.55. The van der Waals surface area contributed by atoms with Crippen LogP contribution in [0.5, 0.6) is 0 Å². The van der Waals surface area contributed by atoms with E-state index in [4.69, 9.17) is 23.3 Å². The second kappa shape index (κ2) is 52.0. The van der Waals surface area contributed by atoms with Gasteiger partial charge in [-0.15, -0.1) is 0 Å². The van der Waals surface area contributed by atoms with E-state index < -0.39 is 57.8 Å². The van der Waals surface area contributed by atoms with Crippen LogP contribution >= 0.6 is 7.82 Å². The molecule has 11 nitrogen and oxygen atoms in total. The molecule has 70 heavy (non-hydrogen) atoms. The number of allylic oxidation sites excluding steroid dienone is 14. The molecule has 0 fully saturated rings. The van der Waals surface area contributed by atoms with Crippen molar-refractivity contribution in [2.24, 2.45) is 0 Å². The third-order valence-electron chi connectivity index (χ3n) is 11.3. The van der Waals surface area contributed by atoms with Crippen LogP contribution in [0.2, 0.25) is 0 Å². The van der Waals surface area contributed by atoms with Gasteiger partial charge in [0.05, 0.1) is 19.8 Å². The van der Waals surface area contributed by atoms with E-state index in [1.54, 1.807) is 0 Å². The van der Waals surface area contributed by atoms with Gasteiger partial charge in [0.1, 0.15) is 12.7 Å². The number of aliphatic hydroxyl groups excluding tert-OH is 1. The van der Waals surface area contributed by atoms with Gasteiger partial charge < -0.3 is 24.2 Å². The summed E-state index contributed by atoms with van der Waals surface area (Å²) in [4.78, 5) is 48.3. The molecule has 402 valence electrons. The van der Waals surface area contributed by atoms with Crippen LogP contribution in [-0.4, -0.2) is 66.5 Å². The molecule has 3 unspecified atom stereocenters. The Labute approximate surface area is 426 Å². The lowest BCUT2D eigenvalue weighted by atomic mass is 10.1. The van der Waals surface area contributed by atoms with Crippen LogP contribution in [0.3, 0.4) is 0 Å². The third-order valence-corrected chi connectivity index (χ3v) is 12.3. The lowest BCUT2D eigenvalue weighted by molar-refractivity contribution is -0.161. The summed E-state index contributed by atoms with van der Waals surface area (Å²) in [6.45, 7) is 4.40. The number of hydrogen-bond acceptors (Lipinski definition) is 10. The fourth-order valence-electron chi connectivity index (χ4n) is 7.13. The maximum absolute atomic E-state index is 12.9. The number of esters is 3. The van der Waals surface area contributed by atoms with Crippen molar-refractivity contribution >= 4 is 25.7 Å². The molecule has 0 aliphatic carbocycles. The highest BCUT2D eigenvalue weighted by Crippen LogP contribution is 2.43. The fraction of sp³-hybridized carbons (Fsp3) is 0.707. The number of hydrogen-bond donors (Lipinski definition) is 2. The van der Waals surface area contributed by atoms with Gasteiger partial charge in [0.25, 0.3) is 0 Å². The number of phosphoric ester groups is 1. The number of rotatable bonds is 50. The van der Waals surface area contributed by atoms with Crippen molar-refractivity contribution < 1.29 is 52.2 Å². The summed E-state index contributed by atoms with van der Waals surface area (Å²) < 4.78 is 39.3. The number of ether oxygens (including phenoxy) is 3. The standard InChI is InChI=1S/C58H99O11P/c1-4-7-10-13-16-19-21-23-25-27-29-31-33-36-38-41-44-47-56(60)65-51-55(69-58(62)49-46-43-40-37-34-32-30-28-26-24-22-20-17-14-11-8-5-2)53-67-70(63,64)66-52-54(50-59)68-57(61)48-45-42-39-35-18-15-12-9-6-3/h7,10,16-17,19-20,23-26,29,31,36,38,54-55,59H,4-6,8-9,11-15,18,21-22,27-28,30,32-35,37,39-53H2,1-3H3,(H,63,64)/b10-7-,19-16-,20-17-,25-23-,26-24-,31-29-,38-36-. The van der Waals surface area contributed by atoms with Crippen molar-refractivity contribution in [3.05, 3.63) is 85.1 Å². The Kier molecular flexibility index (Phi) is 49.5. The van der Waals surface area contributed by atoms with Gasteiger partial charge in [0.15, 0.2) is 6.10 Å². The van der Waals surface area contributed by atoms with Crippen LogP contribution in [0.25, 0.3) is 0 Å². The van der Waals surface area contributed by atoms with Crippen molar-refractivity contribution in [1.82, 2.24) is 0 Å². The van der Waals surface area contributed by atoms with Crippen molar-refractivity contribution in [1.29, 1.82) is 0 Å². The summed E-state index contributed by atoms with van der Waals surface area (Å²) >= 11 is 0. The van der Waals surface area contributed by atoms with E-state index in [0.29, 0.717) is 25.7 Å². The van der Waals surface area contributed by atoms with E-state index in [0.717, 1.165) is 89.9 Å². The average Bonchev–Trinajstić information content (AvgIpc) is 3.35. The smallest absolute Gasteiger partial charge is 0.462 e. The Morgan fingerprint density at radius 3 is 1.21 bits per heavy atom. The number of aliphatic hydroxyl groups is 1. The number of carbonyl (C=O) groups excluding carboxylic acids is 3. The van der Waals surface area contributed by atoms with Gasteiger partial charge in [0, 0.05) is 19.3 Å². The Morgan fingerprint density at radius 2 is 0.757 bits per heavy atom. The highest BCUT2D eigenvalue weighted by atomic mass is 31.2. The minimum Gasteiger partial charge on any atom is -0.462 e. The largest absolute Gasteiger partial charge is 0.472 e. The Hall–Kier alpha value is -3.34. The van der Waals surface area contributed by atoms with Gasteiger partial charge in [-0.05, 0) is 89.9 Å². The summed E-state index contributed by atoms with van der Waals surface area (Å²) in [6, 6.07) is 0. The van der Waals surface area contributed by atoms with Crippen molar-refractivity contribution in [2.75, 3.05) is 26.4 Å². The number of carbonyl (C=O) groups is 3. The van der Waals surface area contributed by atoms with E-state index in [9.17, 15) is 28.9 Å². The van der Waals surface area contributed by atoms with Crippen LogP contribution in [-0.2, 0) is 42.2 Å². The van der Waals surface area contributed by atoms with Crippen LogP contribution in [0.1, 0.15) is 226 Å². The maximum Gasteiger partial charge on any atom is 0.472 e.